The summed E-state index contributed by atoms with van der Waals surface area (Å²) in [6.45, 7) is 6.17. The van der Waals surface area contributed by atoms with Crippen molar-refractivity contribution in [2.45, 2.75) is 18.8 Å². The Morgan fingerprint density at radius 1 is 0.962 bits per heavy atom. The van der Waals surface area contributed by atoms with E-state index in [1.165, 1.54) is 11.1 Å². The summed E-state index contributed by atoms with van der Waals surface area (Å²) in [4.78, 5) is 15.0. The first-order valence-electron chi connectivity index (χ1n) is 9.62. The molecule has 1 fully saturated rings. The number of piperazine rings is 1. The molecule has 2 aromatic carbocycles. The Hall–Kier alpha value is -2.17. The van der Waals surface area contributed by atoms with Gasteiger partial charge in [-0.1, -0.05) is 60.7 Å². The first-order chi connectivity index (χ1) is 12.8. The van der Waals surface area contributed by atoms with Crippen molar-refractivity contribution in [2.75, 3.05) is 39.3 Å². The van der Waals surface area contributed by atoms with Crippen LogP contribution in [0, 0.1) is 0 Å². The molecule has 0 atom stereocenters. The number of hydrogen-bond donors (Lipinski definition) is 2. The predicted octanol–water partition coefficient (Wildman–Crippen LogP) is 2.62. The quantitative estimate of drug-likeness (QED) is 0.719. The van der Waals surface area contributed by atoms with Crippen molar-refractivity contribution in [3.05, 3.63) is 71.8 Å². The van der Waals surface area contributed by atoms with Crippen LogP contribution < -0.4 is 10.6 Å². The van der Waals surface area contributed by atoms with Crippen LogP contribution in [0.25, 0.3) is 0 Å². The number of nitrogens with zero attached hydrogens (tertiary/aromatic N) is 1. The molecule has 0 spiro atoms. The lowest BCUT2D eigenvalue weighted by Gasteiger charge is -2.27. The van der Waals surface area contributed by atoms with Gasteiger partial charge in [-0.15, -0.1) is 0 Å². The van der Waals surface area contributed by atoms with Gasteiger partial charge < -0.3 is 15.5 Å². The second kappa shape index (κ2) is 10.1. The Bertz CT molecular complexity index is 614. The van der Waals surface area contributed by atoms with E-state index in [1.54, 1.807) is 0 Å². The Morgan fingerprint density at radius 2 is 1.54 bits per heavy atom. The van der Waals surface area contributed by atoms with Gasteiger partial charge in [0.05, 0.1) is 0 Å². The SMILES string of the molecule is O=C(CC(c1ccccc1)c1ccccc1)NCCCN1CCNCC1. The van der Waals surface area contributed by atoms with E-state index in [2.05, 4.69) is 39.8 Å². The Labute approximate surface area is 156 Å². The number of rotatable bonds is 8. The van der Waals surface area contributed by atoms with Crippen LogP contribution in [-0.2, 0) is 4.79 Å². The van der Waals surface area contributed by atoms with Crippen molar-refractivity contribution in [1.82, 2.24) is 15.5 Å². The number of hydrogen-bond acceptors (Lipinski definition) is 3. The number of amides is 1. The fourth-order valence-corrected chi connectivity index (χ4v) is 3.52. The van der Waals surface area contributed by atoms with Gasteiger partial charge in [0, 0.05) is 45.1 Å². The molecule has 26 heavy (non-hydrogen) atoms. The van der Waals surface area contributed by atoms with Gasteiger partial charge >= 0.3 is 0 Å². The maximum atomic E-state index is 12.5. The standard InChI is InChI=1S/C22H29N3O/c26-22(24-12-7-15-25-16-13-23-14-17-25)18-21(19-8-3-1-4-9-19)20-10-5-2-6-11-20/h1-6,8-11,21,23H,7,12-18H2,(H,24,26). The molecule has 0 bridgehead atoms. The number of carbonyl (C=O) groups excluding carboxylic acids is 1. The lowest BCUT2D eigenvalue weighted by Crippen LogP contribution is -2.44. The average molecular weight is 351 g/mol. The molecule has 2 N–H and O–H groups in total. The van der Waals surface area contributed by atoms with Gasteiger partial charge in [-0.2, -0.15) is 0 Å². The summed E-state index contributed by atoms with van der Waals surface area (Å²) in [6.07, 6.45) is 1.49. The highest BCUT2D eigenvalue weighted by Crippen LogP contribution is 2.27. The molecule has 1 saturated heterocycles. The summed E-state index contributed by atoms with van der Waals surface area (Å²) >= 11 is 0. The second-order valence-electron chi connectivity index (χ2n) is 6.87. The molecule has 138 valence electrons. The zero-order valence-electron chi connectivity index (χ0n) is 15.4. The summed E-state index contributed by atoms with van der Waals surface area (Å²) in [6, 6.07) is 20.6. The van der Waals surface area contributed by atoms with Crippen molar-refractivity contribution >= 4 is 5.91 Å². The monoisotopic (exact) mass is 351 g/mol. The van der Waals surface area contributed by atoms with Crippen molar-refractivity contribution in [3.8, 4) is 0 Å². The molecule has 1 heterocycles. The molecule has 0 saturated carbocycles. The molecule has 0 radical (unpaired) electrons. The third-order valence-corrected chi connectivity index (χ3v) is 4.98. The van der Waals surface area contributed by atoms with Crippen molar-refractivity contribution in [3.63, 3.8) is 0 Å². The summed E-state index contributed by atoms with van der Waals surface area (Å²) in [5.41, 5.74) is 2.38. The van der Waals surface area contributed by atoms with Crippen molar-refractivity contribution in [2.24, 2.45) is 0 Å². The molecular weight excluding hydrogens is 322 g/mol. The van der Waals surface area contributed by atoms with E-state index < -0.39 is 0 Å². The van der Waals surface area contributed by atoms with Crippen LogP contribution in [0.3, 0.4) is 0 Å². The van der Waals surface area contributed by atoms with Crippen molar-refractivity contribution < 1.29 is 4.79 Å². The van der Waals surface area contributed by atoms with Gasteiger partial charge in [0.2, 0.25) is 5.91 Å². The number of carbonyl (C=O) groups is 1. The van der Waals surface area contributed by atoms with Crippen LogP contribution >= 0.6 is 0 Å². The van der Waals surface area contributed by atoms with Crippen LogP contribution in [0.2, 0.25) is 0 Å². The van der Waals surface area contributed by atoms with Gasteiger partial charge in [0.15, 0.2) is 0 Å². The molecular formula is C22H29N3O. The molecule has 2 aromatic rings. The lowest BCUT2D eigenvalue weighted by molar-refractivity contribution is -0.121. The first kappa shape index (κ1) is 18.6. The average Bonchev–Trinajstić information content (AvgIpc) is 2.71. The van der Waals surface area contributed by atoms with Crippen LogP contribution in [0.15, 0.2) is 60.7 Å². The number of benzene rings is 2. The zero-order chi connectivity index (χ0) is 18.0. The lowest BCUT2D eigenvalue weighted by atomic mass is 9.88. The minimum atomic E-state index is 0.102. The van der Waals surface area contributed by atoms with Crippen LogP contribution in [0.1, 0.15) is 29.9 Å². The zero-order valence-corrected chi connectivity index (χ0v) is 15.4. The van der Waals surface area contributed by atoms with E-state index in [0.717, 1.165) is 45.7 Å². The minimum Gasteiger partial charge on any atom is -0.356 e. The van der Waals surface area contributed by atoms with E-state index in [4.69, 9.17) is 0 Å². The third-order valence-electron chi connectivity index (χ3n) is 4.98. The fraction of sp³-hybridized carbons (Fsp3) is 0.409. The van der Waals surface area contributed by atoms with Crippen molar-refractivity contribution in [1.29, 1.82) is 0 Å². The van der Waals surface area contributed by atoms with Gasteiger partial charge in [0.1, 0.15) is 0 Å². The maximum Gasteiger partial charge on any atom is 0.220 e. The van der Waals surface area contributed by atoms with E-state index in [0.29, 0.717) is 6.42 Å². The van der Waals surface area contributed by atoms with Crippen LogP contribution in [-0.4, -0.2) is 50.1 Å². The summed E-state index contributed by atoms with van der Waals surface area (Å²) in [7, 11) is 0. The second-order valence-corrected chi connectivity index (χ2v) is 6.87. The fourth-order valence-electron chi connectivity index (χ4n) is 3.52. The van der Waals surface area contributed by atoms with E-state index in [9.17, 15) is 4.79 Å². The smallest absolute Gasteiger partial charge is 0.220 e. The van der Waals surface area contributed by atoms with Gasteiger partial charge in [-0.3, -0.25) is 4.79 Å². The molecule has 0 aliphatic carbocycles. The van der Waals surface area contributed by atoms with Crippen LogP contribution in [0.5, 0.6) is 0 Å². The summed E-state index contributed by atoms with van der Waals surface area (Å²) < 4.78 is 0. The first-order valence-corrected chi connectivity index (χ1v) is 9.62. The summed E-state index contributed by atoms with van der Waals surface area (Å²) in [5.74, 6) is 0.230. The molecule has 0 unspecified atom stereocenters. The van der Waals surface area contributed by atoms with E-state index in [-0.39, 0.29) is 11.8 Å². The minimum absolute atomic E-state index is 0.102. The highest BCUT2D eigenvalue weighted by atomic mass is 16.1. The molecule has 4 heteroatoms. The maximum absolute atomic E-state index is 12.5. The Morgan fingerprint density at radius 3 is 2.12 bits per heavy atom. The normalized spacial score (nSPS) is 15.1. The van der Waals surface area contributed by atoms with E-state index >= 15 is 0 Å². The Kier molecular flexibility index (Phi) is 7.23. The van der Waals surface area contributed by atoms with Gasteiger partial charge in [-0.05, 0) is 24.1 Å². The molecule has 3 rings (SSSR count). The van der Waals surface area contributed by atoms with Gasteiger partial charge in [-0.25, -0.2) is 0 Å². The van der Waals surface area contributed by atoms with E-state index in [1.807, 2.05) is 36.4 Å². The summed E-state index contributed by atoms with van der Waals surface area (Å²) in [5, 5.41) is 6.48. The molecule has 4 nitrogen and oxygen atoms in total. The number of nitrogens with one attached hydrogen (secondary N) is 2. The highest BCUT2D eigenvalue weighted by Gasteiger charge is 2.18. The van der Waals surface area contributed by atoms with Crippen LogP contribution in [0.4, 0.5) is 0 Å². The third kappa shape index (κ3) is 5.68. The largest absolute Gasteiger partial charge is 0.356 e. The molecule has 1 amide bonds. The highest BCUT2D eigenvalue weighted by molar-refractivity contribution is 5.77. The topological polar surface area (TPSA) is 44.4 Å². The molecule has 1 aliphatic heterocycles. The predicted molar refractivity (Wildman–Crippen MR) is 106 cm³/mol. The van der Waals surface area contributed by atoms with Gasteiger partial charge in [0.25, 0.3) is 0 Å². The Balaban J connectivity index is 1.51. The molecule has 0 aromatic heterocycles. The molecule has 1 aliphatic rings.